The van der Waals surface area contributed by atoms with Crippen LogP contribution in [0.1, 0.15) is 29.6 Å². The Morgan fingerprint density at radius 2 is 2.07 bits per heavy atom. The van der Waals surface area contributed by atoms with Gasteiger partial charge in [0.2, 0.25) is 0 Å². The van der Waals surface area contributed by atoms with Crippen molar-refractivity contribution in [2.45, 2.75) is 25.4 Å². The Kier molecular flexibility index (Phi) is 7.94. The van der Waals surface area contributed by atoms with Crippen molar-refractivity contribution in [3.63, 3.8) is 0 Å². The molecule has 2 heterocycles. The Labute approximate surface area is 167 Å². The van der Waals surface area contributed by atoms with E-state index in [9.17, 15) is 4.79 Å². The first kappa shape index (κ1) is 20.9. The molecule has 7 nitrogen and oxygen atoms in total. The number of hydrogen-bond donors (Lipinski definition) is 1. The smallest absolute Gasteiger partial charge is 0.255 e. The van der Waals surface area contributed by atoms with E-state index in [-0.39, 0.29) is 12.0 Å². The molecule has 2 aliphatic rings. The van der Waals surface area contributed by atoms with Gasteiger partial charge in [0.05, 0.1) is 25.9 Å². The monoisotopic (exact) mass is 392 g/mol. The SMILES string of the molecule is COCCNC(=O)c1ccc(OC)cc1OC1CCN(C[C@@H]2CCOC2)CC1. The molecule has 28 heavy (non-hydrogen) atoms. The molecular weight excluding hydrogens is 360 g/mol. The lowest BCUT2D eigenvalue weighted by Gasteiger charge is -2.33. The molecule has 2 aliphatic heterocycles. The number of methoxy groups -OCH3 is 2. The summed E-state index contributed by atoms with van der Waals surface area (Å²) < 4.78 is 22.0. The Balaban J connectivity index is 1.57. The number of piperidine rings is 1. The van der Waals surface area contributed by atoms with Crippen LogP contribution in [0.15, 0.2) is 18.2 Å². The average Bonchev–Trinajstić information content (AvgIpc) is 3.22. The molecule has 1 aromatic rings. The topological polar surface area (TPSA) is 69.3 Å². The second-order valence-corrected chi connectivity index (χ2v) is 7.46. The second-order valence-electron chi connectivity index (χ2n) is 7.46. The van der Waals surface area contributed by atoms with E-state index in [0.717, 1.165) is 45.7 Å². The molecule has 0 saturated carbocycles. The molecule has 7 heteroatoms. The maximum atomic E-state index is 12.5. The lowest BCUT2D eigenvalue weighted by molar-refractivity contribution is 0.0839. The fraction of sp³-hybridized carbons (Fsp3) is 0.667. The Morgan fingerprint density at radius 3 is 2.75 bits per heavy atom. The molecule has 0 bridgehead atoms. The van der Waals surface area contributed by atoms with Gasteiger partial charge in [0, 0.05) is 46.0 Å². The number of benzene rings is 1. The first-order chi connectivity index (χ1) is 13.7. The fourth-order valence-corrected chi connectivity index (χ4v) is 3.76. The van der Waals surface area contributed by atoms with Gasteiger partial charge < -0.3 is 29.2 Å². The summed E-state index contributed by atoms with van der Waals surface area (Å²) >= 11 is 0. The van der Waals surface area contributed by atoms with Crippen molar-refractivity contribution in [1.82, 2.24) is 10.2 Å². The summed E-state index contributed by atoms with van der Waals surface area (Å²) in [5.74, 6) is 1.77. The summed E-state index contributed by atoms with van der Waals surface area (Å²) in [4.78, 5) is 15.0. The van der Waals surface area contributed by atoms with E-state index in [1.807, 2.05) is 0 Å². The van der Waals surface area contributed by atoms with E-state index in [2.05, 4.69) is 10.2 Å². The standard InChI is InChI=1S/C21H32N2O5/c1-25-12-8-22-21(24)19-4-3-18(26-2)13-20(19)28-17-5-9-23(10-6-17)14-16-7-11-27-15-16/h3-4,13,16-17H,5-12,14-15H2,1-2H3,(H,22,24)/t16-/m0/s1. The lowest BCUT2D eigenvalue weighted by atomic mass is 10.0. The molecule has 1 atom stereocenters. The number of amides is 1. The number of ether oxygens (including phenoxy) is 4. The molecule has 1 N–H and O–H groups in total. The summed E-state index contributed by atoms with van der Waals surface area (Å²) in [6, 6.07) is 5.34. The van der Waals surface area contributed by atoms with Crippen molar-refractivity contribution >= 4 is 5.91 Å². The molecule has 1 aromatic carbocycles. The maximum Gasteiger partial charge on any atom is 0.255 e. The predicted octanol–water partition coefficient (Wildman–Crippen LogP) is 1.95. The van der Waals surface area contributed by atoms with Gasteiger partial charge in [-0.05, 0) is 37.3 Å². The lowest BCUT2D eigenvalue weighted by Crippen LogP contribution is -2.41. The first-order valence-electron chi connectivity index (χ1n) is 10.1. The third-order valence-electron chi connectivity index (χ3n) is 5.39. The quantitative estimate of drug-likeness (QED) is 0.648. The van der Waals surface area contributed by atoms with E-state index in [1.165, 1.54) is 6.42 Å². The Morgan fingerprint density at radius 1 is 1.25 bits per heavy atom. The van der Waals surface area contributed by atoms with Crippen LogP contribution in [0.4, 0.5) is 0 Å². The highest BCUT2D eigenvalue weighted by atomic mass is 16.5. The van der Waals surface area contributed by atoms with E-state index in [1.54, 1.807) is 32.4 Å². The van der Waals surface area contributed by atoms with E-state index < -0.39 is 0 Å². The van der Waals surface area contributed by atoms with Crippen LogP contribution in [0, 0.1) is 5.92 Å². The van der Waals surface area contributed by atoms with Gasteiger partial charge in [0.25, 0.3) is 5.91 Å². The minimum atomic E-state index is -0.159. The number of likely N-dealkylation sites (tertiary alicyclic amines) is 1. The second kappa shape index (κ2) is 10.6. The van der Waals surface area contributed by atoms with Crippen LogP contribution >= 0.6 is 0 Å². The van der Waals surface area contributed by atoms with Crippen LogP contribution < -0.4 is 14.8 Å². The highest BCUT2D eigenvalue weighted by molar-refractivity contribution is 5.97. The Bertz CT molecular complexity index is 625. The van der Waals surface area contributed by atoms with Crippen molar-refractivity contribution in [2.24, 2.45) is 5.92 Å². The van der Waals surface area contributed by atoms with Crippen LogP contribution in [-0.4, -0.2) is 77.1 Å². The van der Waals surface area contributed by atoms with Crippen LogP contribution in [0.25, 0.3) is 0 Å². The zero-order chi connectivity index (χ0) is 19.8. The third kappa shape index (κ3) is 5.83. The molecule has 0 aromatic heterocycles. The molecule has 2 saturated heterocycles. The fourth-order valence-electron chi connectivity index (χ4n) is 3.76. The van der Waals surface area contributed by atoms with Gasteiger partial charge in [-0.25, -0.2) is 0 Å². The summed E-state index contributed by atoms with van der Waals surface area (Å²) in [7, 11) is 3.23. The summed E-state index contributed by atoms with van der Waals surface area (Å²) in [5.41, 5.74) is 0.530. The molecule has 0 aliphatic carbocycles. The third-order valence-corrected chi connectivity index (χ3v) is 5.39. The predicted molar refractivity (Wildman–Crippen MR) is 106 cm³/mol. The first-order valence-corrected chi connectivity index (χ1v) is 10.1. The summed E-state index contributed by atoms with van der Waals surface area (Å²) in [6.07, 6.45) is 3.18. The molecule has 1 amide bonds. The van der Waals surface area contributed by atoms with Gasteiger partial charge >= 0.3 is 0 Å². The average molecular weight is 392 g/mol. The summed E-state index contributed by atoms with van der Waals surface area (Å²) in [6.45, 7) is 5.86. The number of nitrogens with one attached hydrogen (secondary N) is 1. The molecule has 0 radical (unpaired) electrons. The van der Waals surface area contributed by atoms with Crippen molar-refractivity contribution in [3.8, 4) is 11.5 Å². The zero-order valence-electron chi connectivity index (χ0n) is 16.9. The van der Waals surface area contributed by atoms with Crippen LogP contribution in [0.5, 0.6) is 11.5 Å². The molecule has 0 unspecified atom stereocenters. The molecule has 156 valence electrons. The molecule has 3 rings (SSSR count). The number of nitrogens with zero attached hydrogens (tertiary/aromatic N) is 1. The minimum absolute atomic E-state index is 0.105. The largest absolute Gasteiger partial charge is 0.497 e. The van der Waals surface area contributed by atoms with Crippen LogP contribution in [0.2, 0.25) is 0 Å². The Hall–Kier alpha value is -1.83. The maximum absolute atomic E-state index is 12.5. The molecule has 2 fully saturated rings. The minimum Gasteiger partial charge on any atom is -0.497 e. The number of carbonyl (C=O) groups is 1. The van der Waals surface area contributed by atoms with Gasteiger partial charge in [0.15, 0.2) is 0 Å². The highest BCUT2D eigenvalue weighted by Gasteiger charge is 2.26. The summed E-state index contributed by atoms with van der Waals surface area (Å²) in [5, 5.41) is 2.86. The van der Waals surface area contributed by atoms with E-state index in [4.69, 9.17) is 18.9 Å². The van der Waals surface area contributed by atoms with E-state index >= 15 is 0 Å². The molecule has 0 spiro atoms. The zero-order valence-corrected chi connectivity index (χ0v) is 16.9. The van der Waals surface area contributed by atoms with Gasteiger partial charge in [-0.2, -0.15) is 0 Å². The van der Waals surface area contributed by atoms with Gasteiger partial charge in [-0.3, -0.25) is 4.79 Å². The number of rotatable bonds is 9. The molecular formula is C21H32N2O5. The van der Waals surface area contributed by atoms with Gasteiger partial charge in [-0.1, -0.05) is 0 Å². The van der Waals surface area contributed by atoms with Gasteiger partial charge in [0.1, 0.15) is 17.6 Å². The number of hydrogen-bond acceptors (Lipinski definition) is 6. The normalized spacial score (nSPS) is 20.9. The highest BCUT2D eigenvalue weighted by Crippen LogP contribution is 2.28. The van der Waals surface area contributed by atoms with Crippen molar-refractivity contribution in [1.29, 1.82) is 0 Å². The van der Waals surface area contributed by atoms with Crippen molar-refractivity contribution in [2.75, 3.05) is 60.2 Å². The van der Waals surface area contributed by atoms with Crippen LogP contribution in [0.3, 0.4) is 0 Å². The van der Waals surface area contributed by atoms with Gasteiger partial charge in [-0.15, -0.1) is 0 Å². The van der Waals surface area contributed by atoms with Crippen molar-refractivity contribution < 1.29 is 23.7 Å². The van der Waals surface area contributed by atoms with E-state index in [0.29, 0.717) is 36.1 Å². The van der Waals surface area contributed by atoms with Crippen molar-refractivity contribution in [3.05, 3.63) is 23.8 Å². The number of carbonyl (C=O) groups excluding carboxylic acids is 1. The van der Waals surface area contributed by atoms with Crippen LogP contribution in [-0.2, 0) is 9.47 Å².